The number of nitrogens with zero attached hydrogens (tertiary/aromatic N) is 4. The van der Waals surface area contributed by atoms with E-state index in [-0.39, 0.29) is 23.7 Å². The van der Waals surface area contributed by atoms with Crippen molar-refractivity contribution in [3.8, 4) is 21.9 Å². The van der Waals surface area contributed by atoms with Gasteiger partial charge in [-0.1, -0.05) is 18.2 Å². The first kappa shape index (κ1) is 30.1. The fraction of sp³-hybridized carbons (Fsp3) is 0.229. The summed E-state index contributed by atoms with van der Waals surface area (Å²) in [5.74, 6) is -2.53. The lowest BCUT2D eigenvalue weighted by atomic mass is 9.93. The van der Waals surface area contributed by atoms with E-state index in [1.807, 2.05) is 24.0 Å². The van der Waals surface area contributed by atoms with Crippen molar-refractivity contribution in [3.63, 3.8) is 0 Å². The van der Waals surface area contributed by atoms with Crippen LogP contribution in [0, 0.1) is 17.5 Å². The molecule has 0 radical (unpaired) electrons. The van der Waals surface area contributed by atoms with Crippen LogP contribution in [0.15, 0.2) is 70.0 Å². The fourth-order valence-electron chi connectivity index (χ4n) is 6.72. The maximum Gasteiger partial charge on any atom is 0.434 e. The molecule has 1 saturated heterocycles. The zero-order chi connectivity index (χ0) is 33.1. The summed E-state index contributed by atoms with van der Waals surface area (Å²) in [7, 11) is 0. The lowest BCUT2D eigenvalue weighted by molar-refractivity contribution is 0.0776. The minimum absolute atomic E-state index is 0.0140. The summed E-state index contributed by atoms with van der Waals surface area (Å²) >= 11 is 1.40. The number of rotatable bonds is 8. The molecule has 6 heterocycles. The van der Waals surface area contributed by atoms with Crippen LogP contribution in [-0.2, 0) is 12.8 Å². The number of pyridine rings is 2. The second-order valence-corrected chi connectivity index (χ2v) is 13.1. The molecule has 0 saturated carbocycles. The molecule has 242 valence electrons. The van der Waals surface area contributed by atoms with Crippen LogP contribution in [0.1, 0.15) is 64.7 Å². The van der Waals surface area contributed by atoms with Crippen LogP contribution < -0.4 is 11.1 Å². The molecule has 2 unspecified atom stereocenters. The molecule has 2 atom stereocenters. The molecule has 2 N–H and O–H groups in total. The number of halogens is 3. The Kier molecular flexibility index (Phi) is 7.35. The first-order valence-electron chi connectivity index (χ1n) is 15.5. The summed E-state index contributed by atoms with van der Waals surface area (Å²) in [6, 6.07) is 13.3. The summed E-state index contributed by atoms with van der Waals surface area (Å²) < 4.78 is 47.6. The average Bonchev–Trinajstić information content (AvgIpc) is 3.88. The van der Waals surface area contributed by atoms with Gasteiger partial charge in [0.05, 0.1) is 39.3 Å². The highest BCUT2D eigenvalue weighted by Gasteiger charge is 2.44. The van der Waals surface area contributed by atoms with Crippen molar-refractivity contribution >= 4 is 33.1 Å². The number of carbonyl (C=O) groups is 1. The predicted molar refractivity (Wildman–Crippen MR) is 174 cm³/mol. The Morgan fingerprint density at radius 3 is 2.62 bits per heavy atom. The number of hydrogen-bond donors (Lipinski definition) is 2. The van der Waals surface area contributed by atoms with Gasteiger partial charge in [0.2, 0.25) is 0 Å². The molecule has 2 aliphatic rings. The number of benzene rings is 2. The normalized spacial score (nSPS) is 16.0. The van der Waals surface area contributed by atoms with Crippen molar-refractivity contribution in [2.75, 3.05) is 11.9 Å². The Labute approximate surface area is 275 Å². The van der Waals surface area contributed by atoms with Gasteiger partial charge >= 0.3 is 5.76 Å². The highest BCUT2D eigenvalue weighted by atomic mass is 32.1. The van der Waals surface area contributed by atoms with Crippen molar-refractivity contribution < 1.29 is 22.4 Å². The molecule has 1 amide bonds. The van der Waals surface area contributed by atoms with Crippen molar-refractivity contribution in [1.82, 2.24) is 25.1 Å². The number of anilines is 1. The standard InChI is InChI=1S/C35H27F3N6O3S/c1-17(19-7-10-22(37)23(38)15-19)40-32-31-20(12-13-39-32)16-26(48-31)28-27(33-42-43-35(46)47-33)24(11-6-18-4-8-21(36)9-5-18)41-30-25-3-2-14-44(25)34(45)29(28)30/h4-5,7-10,12-13,15-17,25H,2-3,6,11,14H2,1H3,(H,39,40)(H,43,46). The Morgan fingerprint density at radius 2 is 1.85 bits per heavy atom. The van der Waals surface area contributed by atoms with Crippen molar-refractivity contribution in [2.45, 2.75) is 44.7 Å². The zero-order valence-electron chi connectivity index (χ0n) is 25.5. The van der Waals surface area contributed by atoms with Crippen LogP contribution in [0.25, 0.3) is 32.0 Å². The van der Waals surface area contributed by atoms with Gasteiger partial charge in [0.15, 0.2) is 11.6 Å². The number of H-pyrrole nitrogens is 1. The molecule has 2 aromatic carbocycles. The van der Waals surface area contributed by atoms with E-state index in [0.717, 1.165) is 45.5 Å². The molecule has 4 aromatic heterocycles. The van der Waals surface area contributed by atoms with Gasteiger partial charge in [-0.25, -0.2) is 28.0 Å². The monoisotopic (exact) mass is 668 g/mol. The van der Waals surface area contributed by atoms with Crippen LogP contribution in [-0.4, -0.2) is 37.5 Å². The first-order valence-corrected chi connectivity index (χ1v) is 16.3. The van der Waals surface area contributed by atoms with Gasteiger partial charge in [-0.05, 0) is 85.5 Å². The molecule has 2 aliphatic heterocycles. The maximum absolute atomic E-state index is 14.1. The van der Waals surface area contributed by atoms with E-state index in [9.17, 15) is 22.8 Å². The van der Waals surface area contributed by atoms with E-state index >= 15 is 0 Å². The third kappa shape index (κ3) is 5.14. The van der Waals surface area contributed by atoms with E-state index < -0.39 is 23.4 Å². The number of thiophene rings is 1. The zero-order valence-corrected chi connectivity index (χ0v) is 26.3. The van der Waals surface area contributed by atoms with E-state index in [2.05, 4.69) is 20.5 Å². The highest BCUT2D eigenvalue weighted by Crippen LogP contribution is 2.50. The third-order valence-corrected chi connectivity index (χ3v) is 10.2. The average molecular weight is 669 g/mol. The van der Waals surface area contributed by atoms with E-state index in [1.54, 1.807) is 18.3 Å². The van der Waals surface area contributed by atoms with Crippen LogP contribution in [0.3, 0.4) is 0 Å². The number of amides is 1. The van der Waals surface area contributed by atoms with Crippen molar-refractivity contribution in [3.05, 3.63) is 117 Å². The smallest absolute Gasteiger partial charge is 0.388 e. The molecular formula is C35H27F3N6O3S. The summed E-state index contributed by atoms with van der Waals surface area (Å²) in [5.41, 5.74) is 4.19. The SMILES string of the molecule is CC(Nc1nccc2cc(-c3c4c(nc(CCc5ccc(F)cc5)c3-c3n[nH]c(=O)o3)C3CCCN3C4=O)sc12)c1ccc(F)c(F)c1. The quantitative estimate of drug-likeness (QED) is 0.174. The molecule has 0 bridgehead atoms. The minimum atomic E-state index is -0.935. The molecule has 0 aliphatic carbocycles. The number of fused-ring (bicyclic) bond motifs is 4. The van der Waals surface area contributed by atoms with Crippen molar-refractivity contribution in [2.24, 2.45) is 0 Å². The topological polar surface area (TPSA) is 117 Å². The Balaban J connectivity index is 1.29. The van der Waals surface area contributed by atoms with E-state index in [1.165, 1.54) is 29.5 Å². The molecule has 48 heavy (non-hydrogen) atoms. The Bertz CT molecular complexity index is 2280. The second kappa shape index (κ2) is 11.7. The molecular weight excluding hydrogens is 641 g/mol. The molecule has 0 spiro atoms. The lowest BCUT2D eigenvalue weighted by Gasteiger charge is -2.16. The van der Waals surface area contributed by atoms with Crippen LogP contribution in [0.4, 0.5) is 19.0 Å². The van der Waals surface area contributed by atoms with Gasteiger partial charge in [-0.3, -0.25) is 9.78 Å². The molecule has 13 heteroatoms. The van der Waals surface area contributed by atoms with Crippen LogP contribution >= 0.6 is 11.3 Å². The molecule has 8 rings (SSSR count). The summed E-state index contributed by atoms with van der Waals surface area (Å²) in [6.45, 7) is 2.44. The molecule has 9 nitrogen and oxygen atoms in total. The second-order valence-electron chi connectivity index (χ2n) is 12.0. The van der Waals surface area contributed by atoms with Gasteiger partial charge < -0.3 is 14.6 Å². The van der Waals surface area contributed by atoms with Crippen LogP contribution in [0.2, 0.25) is 0 Å². The summed E-state index contributed by atoms with van der Waals surface area (Å²) in [5, 5.41) is 10.7. The third-order valence-electron chi connectivity index (χ3n) is 9.04. The minimum Gasteiger partial charge on any atom is -0.388 e. The maximum atomic E-state index is 14.1. The summed E-state index contributed by atoms with van der Waals surface area (Å²) in [6.07, 6.45) is 4.23. The van der Waals surface area contributed by atoms with Crippen LogP contribution in [0.5, 0.6) is 0 Å². The van der Waals surface area contributed by atoms with Crippen molar-refractivity contribution in [1.29, 1.82) is 0 Å². The number of nitrogens with one attached hydrogen (secondary N) is 2. The first-order chi connectivity index (χ1) is 23.2. The van der Waals surface area contributed by atoms with E-state index in [0.29, 0.717) is 58.8 Å². The van der Waals surface area contributed by atoms with Gasteiger partial charge in [0.1, 0.15) is 11.6 Å². The number of aromatic amines is 1. The van der Waals surface area contributed by atoms with Gasteiger partial charge in [0.25, 0.3) is 11.8 Å². The van der Waals surface area contributed by atoms with E-state index in [4.69, 9.17) is 9.40 Å². The number of hydrogen-bond acceptors (Lipinski definition) is 8. The number of carbonyl (C=O) groups excluding carboxylic acids is 1. The number of aryl methyl sites for hydroxylation is 2. The summed E-state index contributed by atoms with van der Waals surface area (Å²) in [4.78, 5) is 38.5. The molecule has 1 fully saturated rings. The van der Waals surface area contributed by atoms with Gasteiger partial charge in [-0.15, -0.1) is 16.4 Å². The predicted octanol–water partition coefficient (Wildman–Crippen LogP) is 7.37. The lowest BCUT2D eigenvalue weighted by Crippen LogP contribution is -2.22. The fourth-order valence-corrected chi connectivity index (χ4v) is 7.88. The van der Waals surface area contributed by atoms with Gasteiger partial charge in [-0.2, -0.15) is 0 Å². The largest absolute Gasteiger partial charge is 0.434 e. The number of aromatic nitrogens is 4. The van der Waals surface area contributed by atoms with Gasteiger partial charge in [0, 0.05) is 23.2 Å². The Morgan fingerprint density at radius 1 is 1.02 bits per heavy atom. The highest BCUT2D eigenvalue weighted by molar-refractivity contribution is 7.23. The molecule has 6 aromatic rings. The Hall–Kier alpha value is -5.30.